The van der Waals surface area contributed by atoms with Gasteiger partial charge in [-0.05, 0) is 69.0 Å². The molecule has 0 saturated heterocycles. The number of hydrogen-bond donors (Lipinski definition) is 2. The smallest absolute Gasteiger partial charge is 0.240 e. The maximum atomic E-state index is 12.6. The molecule has 5 nitrogen and oxygen atoms in total. The van der Waals surface area contributed by atoms with Crippen molar-refractivity contribution in [2.24, 2.45) is 0 Å². The second kappa shape index (κ2) is 8.30. The lowest BCUT2D eigenvalue weighted by Crippen LogP contribution is -2.40. The fourth-order valence-corrected chi connectivity index (χ4v) is 5.30. The normalized spacial score (nSPS) is 19.9. The number of sulfonamides is 1. The summed E-state index contributed by atoms with van der Waals surface area (Å²) in [5.74, 6) is 0. The van der Waals surface area contributed by atoms with E-state index in [1.54, 1.807) is 18.3 Å². The lowest BCUT2D eigenvalue weighted by Gasteiger charge is -2.30. The van der Waals surface area contributed by atoms with Crippen LogP contribution >= 0.6 is 11.6 Å². The first-order valence-corrected chi connectivity index (χ1v) is 11.7. The Kier molecular flexibility index (Phi) is 5.76. The van der Waals surface area contributed by atoms with E-state index in [0.29, 0.717) is 16.0 Å². The number of aromatic nitrogens is 1. The van der Waals surface area contributed by atoms with E-state index >= 15 is 0 Å². The van der Waals surface area contributed by atoms with Gasteiger partial charge in [-0.2, -0.15) is 0 Å². The number of pyridine rings is 1. The molecule has 3 aromatic rings. The Morgan fingerprint density at radius 3 is 2.38 bits per heavy atom. The highest BCUT2D eigenvalue weighted by Gasteiger charge is 2.26. The number of aryl methyl sites for hydroxylation is 1. The molecule has 1 heterocycles. The number of fused-ring (bicyclic) bond motifs is 1. The minimum Gasteiger partial charge on any atom is -0.382 e. The van der Waals surface area contributed by atoms with E-state index in [9.17, 15) is 8.42 Å². The summed E-state index contributed by atoms with van der Waals surface area (Å²) in [5.41, 5.74) is 2.94. The average Bonchev–Trinajstić information content (AvgIpc) is 2.69. The van der Waals surface area contributed by atoms with Crippen molar-refractivity contribution >= 4 is 38.2 Å². The summed E-state index contributed by atoms with van der Waals surface area (Å²) >= 11 is 6.07. The Morgan fingerprint density at radius 2 is 1.66 bits per heavy atom. The van der Waals surface area contributed by atoms with E-state index in [-0.39, 0.29) is 6.04 Å². The maximum absolute atomic E-state index is 12.6. The molecule has 1 aromatic heterocycles. The van der Waals surface area contributed by atoms with E-state index in [4.69, 9.17) is 11.6 Å². The van der Waals surface area contributed by atoms with Crippen molar-refractivity contribution in [1.82, 2.24) is 9.71 Å². The van der Waals surface area contributed by atoms with Gasteiger partial charge in [-0.15, -0.1) is 0 Å². The number of anilines is 1. The fourth-order valence-electron chi connectivity index (χ4n) is 3.83. The third-order valence-electron chi connectivity index (χ3n) is 5.44. The first-order valence-electron chi connectivity index (χ1n) is 9.80. The van der Waals surface area contributed by atoms with Gasteiger partial charge in [0.25, 0.3) is 0 Å². The van der Waals surface area contributed by atoms with E-state index in [0.717, 1.165) is 47.8 Å². The molecule has 4 rings (SSSR count). The van der Waals surface area contributed by atoms with Gasteiger partial charge in [0.05, 0.1) is 10.4 Å². The van der Waals surface area contributed by atoms with Crippen LogP contribution in [-0.2, 0) is 10.0 Å². The summed E-state index contributed by atoms with van der Waals surface area (Å²) < 4.78 is 28.1. The van der Waals surface area contributed by atoms with Gasteiger partial charge in [0.1, 0.15) is 0 Å². The molecule has 0 radical (unpaired) electrons. The monoisotopic (exact) mass is 429 g/mol. The highest BCUT2D eigenvalue weighted by atomic mass is 35.5. The molecule has 0 atom stereocenters. The van der Waals surface area contributed by atoms with Crippen LogP contribution in [0.15, 0.2) is 59.6 Å². The molecular formula is C22H24ClN3O2S. The standard InChI is InChI=1S/C22H24ClN3O2S/c1-15-2-9-19(10-3-15)29(27,28)26-18-7-5-17(6-8-18)25-21-12-13-24-22-14-16(23)4-11-20(21)22/h2-4,9-14,17-18,26H,5-8H2,1H3,(H,24,25)/t17-,18+. The number of nitrogens with zero attached hydrogens (tertiary/aromatic N) is 1. The molecule has 0 spiro atoms. The summed E-state index contributed by atoms with van der Waals surface area (Å²) in [5, 5.41) is 5.32. The van der Waals surface area contributed by atoms with Crippen LogP contribution in [0, 0.1) is 6.92 Å². The largest absolute Gasteiger partial charge is 0.382 e. The van der Waals surface area contributed by atoms with Crippen molar-refractivity contribution in [2.75, 3.05) is 5.32 Å². The number of nitrogens with one attached hydrogen (secondary N) is 2. The van der Waals surface area contributed by atoms with Crippen molar-refractivity contribution in [1.29, 1.82) is 0 Å². The van der Waals surface area contributed by atoms with Gasteiger partial charge in [0.15, 0.2) is 0 Å². The van der Waals surface area contributed by atoms with Crippen LogP contribution in [-0.4, -0.2) is 25.5 Å². The molecule has 0 unspecified atom stereocenters. The molecule has 2 N–H and O–H groups in total. The van der Waals surface area contributed by atoms with Crippen molar-refractivity contribution in [3.63, 3.8) is 0 Å². The molecule has 7 heteroatoms. The SMILES string of the molecule is Cc1ccc(S(=O)(=O)N[C@H]2CC[C@@H](Nc3ccnc4cc(Cl)ccc34)CC2)cc1. The summed E-state index contributed by atoms with van der Waals surface area (Å²) in [6.07, 6.45) is 5.19. The molecule has 0 amide bonds. The fraction of sp³-hybridized carbons (Fsp3) is 0.318. The van der Waals surface area contributed by atoms with E-state index < -0.39 is 10.0 Å². The molecule has 1 aliphatic carbocycles. The summed E-state index contributed by atoms with van der Waals surface area (Å²) in [7, 11) is -3.48. The molecular weight excluding hydrogens is 406 g/mol. The van der Waals surface area contributed by atoms with Gasteiger partial charge in [0.2, 0.25) is 10.0 Å². The topological polar surface area (TPSA) is 71.1 Å². The van der Waals surface area contributed by atoms with Crippen LogP contribution in [0.2, 0.25) is 5.02 Å². The summed E-state index contributed by atoms with van der Waals surface area (Å²) in [6, 6.07) is 14.9. The van der Waals surface area contributed by atoms with Crippen LogP contribution < -0.4 is 10.0 Å². The second-order valence-electron chi connectivity index (χ2n) is 7.65. The van der Waals surface area contributed by atoms with Crippen LogP contribution in [0.5, 0.6) is 0 Å². The van der Waals surface area contributed by atoms with Crippen molar-refractivity contribution < 1.29 is 8.42 Å². The predicted molar refractivity (Wildman–Crippen MR) is 118 cm³/mol. The van der Waals surface area contributed by atoms with E-state index in [1.165, 1.54) is 0 Å². The second-order valence-corrected chi connectivity index (χ2v) is 9.80. The van der Waals surface area contributed by atoms with Gasteiger partial charge in [-0.1, -0.05) is 29.3 Å². The first kappa shape index (κ1) is 20.1. The number of hydrogen-bond acceptors (Lipinski definition) is 4. The van der Waals surface area contributed by atoms with Crippen molar-refractivity contribution in [2.45, 2.75) is 49.6 Å². The Labute approximate surface area is 176 Å². The predicted octanol–water partition coefficient (Wildman–Crippen LogP) is 4.90. The molecule has 152 valence electrons. The van der Waals surface area contributed by atoms with Gasteiger partial charge >= 0.3 is 0 Å². The quantitative estimate of drug-likeness (QED) is 0.605. The maximum Gasteiger partial charge on any atom is 0.240 e. The van der Waals surface area contributed by atoms with Crippen LogP contribution in [0.1, 0.15) is 31.2 Å². The Hall–Kier alpha value is -2.15. The third kappa shape index (κ3) is 4.71. The van der Waals surface area contributed by atoms with Crippen LogP contribution in [0.4, 0.5) is 5.69 Å². The Balaban J connectivity index is 1.38. The zero-order valence-corrected chi connectivity index (χ0v) is 17.8. The van der Waals surface area contributed by atoms with Crippen molar-refractivity contribution in [3.05, 3.63) is 65.3 Å². The van der Waals surface area contributed by atoms with Gasteiger partial charge in [-0.3, -0.25) is 4.98 Å². The summed E-state index contributed by atoms with van der Waals surface area (Å²) in [4.78, 5) is 4.71. The molecule has 0 bridgehead atoms. The lowest BCUT2D eigenvalue weighted by atomic mass is 9.91. The van der Waals surface area contributed by atoms with Gasteiger partial charge in [0, 0.05) is 34.4 Å². The Bertz CT molecular complexity index is 1110. The van der Waals surface area contributed by atoms with Crippen molar-refractivity contribution in [3.8, 4) is 0 Å². The molecule has 29 heavy (non-hydrogen) atoms. The van der Waals surface area contributed by atoms with Crippen LogP contribution in [0.25, 0.3) is 10.9 Å². The molecule has 0 aliphatic heterocycles. The van der Waals surface area contributed by atoms with E-state index in [1.807, 2.05) is 43.3 Å². The first-order chi connectivity index (χ1) is 13.9. The van der Waals surface area contributed by atoms with Gasteiger partial charge < -0.3 is 5.32 Å². The molecule has 1 aliphatic rings. The minimum atomic E-state index is -3.48. The van der Waals surface area contributed by atoms with Gasteiger partial charge in [-0.25, -0.2) is 13.1 Å². The average molecular weight is 430 g/mol. The molecule has 1 fully saturated rings. The summed E-state index contributed by atoms with van der Waals surface area (Å²) in [6.45, 7) is 1.94. The number of rotatable bonds is 5. The third-order valence-corrected chi connectivity index (χ3v) is 7.22. The molecule has 1 saturated carbocycles. The molecule has 2 aromatic carbocycles. The highest BCUT2D eigenvalue weighted by molar-refractivity contribution is 7.89. The number of benzene rings is 2. The lowest BCUT2D eigenvalue weighted by molar-refractivity contribution is 0.387. The van der Waals surface area contributed by atoms with E-state index in [2.05, 4.69) is 15.0 Å². The highest BCUT2D eigenvalue weighted by Crippen LogP contribution is 2.28. The minimum absolute atomic E-state index is 0.0349. The zero-order valence-electron chi connectivity index (χ0n) is 16.2. The Morgan fingerprint density at radius 1 is 0.966 bits per heavy atom. The van der Waals surface area contributed by atoms with Crippen LogP contribution in [0.3, 0.4) is 0 Å². The number of halogens is 1. The zero-order chi connectivity index (χ0) is 20.4.